The lowest BCUT2D eigenvalue weighted by Crippen LogP contribution is -2.39. The van der Waals surface area contributed by atoms with E-state index in [4.69, 9.17) is 10.5 Å². The molecule has 0 fully saturated rings. The van der Waals surface area contributed by atoms with Crippen molar-refractivity contribution in [1.29, 1.82) is 0 Å². The molecule has 1 heterocycles. The molecule has 1 unspecified atom stereocenters. The van der Waals surface area contributed by atoms with Crippen molar-refractivity contribution in [2.75, 3.05) is 19.7 Å². The Bertz CT molecular complexity index is 534. The van der Waals surface area contributed by atoms with Crippen molar-refractivity contribution < 1.29 is 4.74 Å². The normalized spacial score (nSPS) is 18.0. The first-order valence-electron chi connectivity index (χ1n) is 9.03. The van der Waals surface area contributed by atoms with E-state index in [0.717, 1.165) is 37.2 Å². The first kappa shape index (κ1) is 18.6. The van der Waals surface area contributed by atoms with E-state index in [1.54, 1.807) is 0 Å². The highest BCUT2D eigenvalue weighted by molar-refractivity contribution is 5.78. The molecule has 5 nitrogen and oxygen atoms in total. The van der Waals surface area contributed by atoms with Gasteiger partial charge in [0.15, 0.2) is 5.96 Å². The summed E-state index contributed by atoms with van der Waals surface area (Å²) in [7, 11) is 0. The van der Waals surface area contributed by atoms with Crippen molar-refractivity contribution in [2.45, 2.75) is 58.7 Å². The lowest BCUT2D eigenvalue weighted by Gasteiger charge is -2.30. The molecule has 0 aromatic heterocycles. The monoisotopic (exact) mass is 332 g/mol. The molecule has 0 saturated heterocycles. The second kappa shape index (κ2) is 8.92. The number of nitrogens with one attached hydrogen (secondary N) is 1. The van der Waals surface area contributed by atoms with Crippen molar-refractivity contribution in [2.24, 2.45) is 10.7 Å². The van der Waals surface area contributed by atoms with Crippen molar-refractivity contribution in [3.05, 3.63) is 29.8 Å². The summed E-state index contributed by atoms with van der Waals surface area (Å²) in [5.74, 6) is 1.47. The van der Waals surface area contributed by atoms with Crippen molar-refractivity contribution >= 4 is 5.96 Å². The van der Waals surface area contributed by atoms with Crippen LogP contribution in [0.5, 0.6) is 5.75 Å². The number of aliphatic imine (C=N–C) groups is 1. The molecule has 0 spiro atoms. The predicted octanol–water partition coefficient (Wildman–Crippen LogP) is 2.92. The molecule has 1 aliphatic rings. The summed E-state index contributed by atoms with van der Waals surface area (Å²) in [5.41, 5.74) is 7.24. The maximum absolute atomic E-state index is 6.08. The van der Waals surface area contributed by atoms with Crippen LogP contribution in [0.1, 0.15) is 52.1 Å². The van der Waals surface area contributed by atoms with E-state index >= 15 is 0 Å². The smallest absolute Gasteiger partial charge is 0.189 e. The molecule has 134 valence electrons. The molecule has 2 rings (SSSR count). The molecular formula is C19H32N4O. The van der Waals surface area contributed by atoms with Crippen LogP contribution in [0.3, 0.4) is 0 Å². The van der Waals surface area contributed by atoms with Crippen LogP contribution < -0.4 is 15.8 Å². The Morgan fingerprint density at radius 2 is 2.00 bits per heavy atom. The fourth-order valence-electron chi connectivity index (χ4n) is 3.28. The third kappa shape index (κ3) is 5.13. The number of fused-ring (bicyclic) bond motifs is 1. The zero-order valence-corrected chi connectivity index (χ0v) is 15.5. The molecule has 0 amide bonds. The Hall–Kier alpha value is -1.75. The maximum atomic E-state index is 6.08. The first-order valence-corrected chi connectivity index (χ1v) is 9.03. The minimum absolute atomic E-state index is 0.182. The van der Waals surface area contributed by atoms with E-state index < -0.39 is 0 Å². The Labute approximate surface area is 146 Å². The fourth-order valence-corrected chi connectivity index (χ4v) is 3.28. The second-order valence-corrected chi connectivity index (χ2v) is 6.92. The maximum Gasteiger partial charge on any atom is 0.189 e. The summed E-state index contributed by atoms with van der Waals surface area (Å²) < 4.78 is 5.68. The van der Waals surface area contributed by atoms with Crippen LogP contribution in [-0.2, 0) is 0 Å². The van der Waals surface area contributed by atoms with E-state index in [9.17, 15) is 0 Å². The van der Waals surface area contributed by atoms with Crippen molar-refractivity contribution in [3.63, 3.8) is 0 Å². The molecular weight excluding hydrogens is 300 g/mol. The van der Waals surface area contributed by atoms with Gasteiger partial charge in [-0.2, -0.15) is 0 Å². The SMILES string of the molecule is CC(C)N(CCCN=C(N)NC1CCOc2ccccc21)C(C)C. The van der Waals surface area contributed by atoms with Crippen LogP contribution in [0.15, 0.2) is 29.3 Å². The lowest BCUT2D eigenvalue weighted by atomic mass is 10.0. The Morgan fingerprint density at radius 1 is 1.29 bits per heavy atom. The second-order valence-electron chi connectivity index (χ2n) is 6.92. The van der Waals surface area contributed by atoms with Gasteiger partial charge in [0.05, 0.1) is 12.6 Å². The van der Waals surface area contributed by atoms with Gasteiger partial charge >= 0.3 is 0 Å². The zero-order chi connectivity index (χ0) is 17.5. The van der Waals surface area contributed by atoms with E-state index in [0.29, 0.717) is 24.7 Å². The van der Waals surface area contributed by atoms with Crippen molar-refractivity contribution in [3.8, 4) is 5.75 Å². The lowest BCUT2D eigenvalue weighted by molar-refractivity contribution is 0.174. The van der Waals surface area contributed by atoms with Gasteiger partial charge in [-0.25, -0.2) is 0 Å². The summed E-state index contributed by atoms with van der Waals surface area (Å²) in [6.07, 6.45) is 1.92. The Balaban J connectivity index is 1.83. The minimum atomic E-state index is 0.182. The van der Waals surface area contributed by atoms with Gasteiger partial charge in [0, 0.05) is 37.2 Å². The summed E-state index contributed by atoms with van der Waals surface area (Å²) >= 11 is 0. The molecule has 0 saturated carbocycles. The number of nitrogens with zero attached hydrogens (tertiary/aromatic N) is 2. The molecule has 0 aliphatic carbocycles. The highest BCUT2D eigenvalue weighted by Crippen LogP contribution is 2.31. The van der Waals surface area contributed by atoms with Gasteiger partial charge in [-0.1, -0.05) is 18.2 Å². The molecule has 24 heavy (non-hydrogen) atoms. The van der Waals surface area contributed by atoms with E-state index in [-0.39, 0.29) is 6.04 Å². The topological polar surface area (TPSA) is 62.9 Å². The summed E-state index contributed by atoms with van der Waals surface area (Å²) in [4.78, 5) is 6.98. The van der Waals surface area contributed by atoms with Crippen LogP contribution in [0, 0.1) is 0 Å². The molecule has 0 radical (unpaired) electrons. The molecule has 0 bridgehead atoms. The first-order chi connectivity index (χ1) is 11.5. The van der Waals surface area contributed by atoms with Crippen molar-refractivity contribution in [1.82, 2.24) is 10.2 Å². The number of hydrogen-bond donors (Lipinski definition) is 2. The van der Waals surface area contributed by atoms with Gasteiger partial charge in [0.1, 0.15) is 5.75 Å². The van der Waals surface area contributed by atoms with Crippen LogP contribution in [0.25, 0.3) is 0 Å². The molecule has 1 aromatic rings. The molecule has 3 N–H and O–H groups in total. The number of benzene rings is 1. The van der Waals surface area contributed by atoms with Crippen LogP contribution in [-0.4, -0.2) is 42.6 Å². The largest absolute Gasteiger partial charge is 0.493 e. The fraction of sp³-hybridized carbons (Fsp3) is 0.632. The average molecular weight is 332 g/mol. The third-order valence-corrected chi connectivity index (χ3v) is 4.46. The highest BCUT2D eigenvalue weighted by atomic mass is 16.5. The molecule has 5 heteroatoms. The van der Waals surface area contributed by atoms with E-state index in [1.165, 1.54) is 0 Å². The number of nitrogens with two attached hydrogens (primary N) is 1. The number of ether oxygens (including phenoxy) is 1. The van der Waals surface area contributed by atoms with Gasteiger partial charge in [0.2, 0.25) is 0 Å². The quantitative estimate of drug-likeness (QED) is 0.458. The average Bonchev–Trinajstić information content (AvgIpc) is 2.54. The molecule has 1 aliphatic heterocycles. The standard InChI is InChI=1S/C19H32N4O/c1-14(2)23(15(3)4)12-7-11-21-19(20)22-17-10-13-24-18-9-6-5-8-16(17)18/h5-6,8-9,14-15,17H,7,10-13H2,1-4H3,(H3,20,21,22). The van der Waals surface area contributed by atoms with Gasteiger partial charge in [-0.05, 0) is 40.2 Å². The summed E-state index contributed by atoms with van der Waals surface area (Å²) in [6.45, 7) is 11.5. The Morgan fingerprint density at radius 3 is 2.71 bits per heavy atom. The number of hydrogen-bond acceptors (Lipinski definition) is 3. The zero-order valence-electron chi connectivity index (χ0n) is 15.5. The summed E-state index contributed by atoms with van der Waals surface area (Å²) in [6, 6.07) is 9.41. The van der Waals surface area contributed by atoms with Gasteiger partial charge in [-0.3, -0.25) is 9.89 Å². The van der Waals surface area contributed by atoms with Crippen LogP contribution >= 0.6 is 0 Å². The third-order valence-electron chi connectivity index (χ3n) is 4.46. The van der Waals surface area contributed by atoms with Gasteiger partial charge in [-0.15, -0.1) is 0 Å². The van der Waals surface area contributed by atoms with E-state index in [2.05, 4.69) is 49.0 Å². The predicted molar refractivity (Wildman–Crippen MR) is 101 cm³/mol. The van der Waals surface area contributed by atoms with Crippen LogP contribution in [0.4, 0.5) is 0 Å². The number of guanidine groups is 1. The van der Waals surface area contributed by atoms with Gasteiger partial charge < -0.3 is 15.8 Å². The van der Waals surface area contributed by atoms with Crippen LogP contribution in [0.2, 0.25) is 0 Å². The van der Waals surface area contributed by atoms with E-state index in [1.807, 2.05) is 18.2 Å². The summed E-state index contributed by atoms with van der Waals surface area (Å²) in [5, 5.41) is 3.34. The molecule has 1 aromatic carbocycles. The van der Waals surface area contributed by atoms with Gasteiger partial charge in [0.25, 0.3) is 0 Å². The highest BCUT2D eigenvalue weighted by Gasteiger charge is 2.21. The molecule has 1 atom stereocenters. The minimum Gasteiger partial charge on any atom is -0.493 e. The Kier molecular flexibility index (Phi) is 6.91. The number of para-hydroxylation sites is 1. The number of rotatable bonds is 7.